The molecule has 2 aromatic rings. The van der Waals surface area contributed by atoms with Crippen molar-refractivity contribution in [1.29, 1.82) is 0 Å². The van der Waals surface area contributed by atoms with Gasteiger partial charge in [-0.05, 0) is 31.4 Å². The zero-order valence-electron chi connectivity index (χ0n) is 16.3. The molecule has 1 N–H and O–H groups in total. The van der Waals surface area contributed by atoms with E-state index in [2.05, 4.69) is 36.0 Å². The lowest BCUT2D eigenvalue weighted by Gasteiger charge is -2.39. The van der Waals surface area contributed by atoms with Crippen LogP contribution in [-0.2, 0) is 4.74 Å². The number of hydrogen-bond donors (Lipinski definition) is 1. The van der Waals surface area contributed by atoms with E-state index in [-0.39, 0.29) is 22.8 Å². The number of amides is 1. The molecule has 1 unspecified atom stereocenters. The van der Waals surface area contributed by atoms with E-state index >= 15 is 0 Å². The van der Waals surface area contributed by atoms with Crippen LogP contribution in [0.4, 0.5) is 4.39 Å². The summed E-state index contributed by atoms with van der Waals surface area (Å²) in [6.45, 7) is 10.4. The van der Waals surface area contributed by atoms with Gasteiger partial charge in [-0.1, -0.05) is 26.0 Å². The first-order chi connectivity index (χ1) is 12.9. The van der Waals surface area contributed by atoms with Crippen LogP contribution in [0.2, 0.25) is 0 Å². The molecular formula is C21H28FN3O2. The first-order valence-corrected chi connectivity index (χ1v) is 9.53. The minimum atomic E-state index is -0.378. The van der Waals surface area contributed by atoms with Crippen LogP contribution in [0.25, 0.3) is 10.9 Å². The van der Waals surface area contributed by atoms with Gasteiger partial charge in [0.05, 0.1) is 24.3 Å². The fourth-order valence-corrected chi connectivity index (χ4v) is 3.90. The molecule has 0 radical (unpaired) electrons. The highest BCUT2D eigenvalue weighted by Gasteiger charge is 2.31. The number of benzene rings is 1. The van der Waals surface area contributed by atoms with Gasteiger partial charge in [0.15, 0.2) is 0 Å². The van der Waals surface area contributed by atoms with Crippen molar-refractivity contribution in [3.63, 3.8) is 0 Å². The molecular weight excluding hydrogens is 345 g/mol. The van der Waals surface area contributed by atoms with Crippen molar-refractivity contribution in [2.45, 2.75) is 32.7 Å². The maximum absolute atomic E-state index is 13.8. The lowest BCUT2D eigenvalue weighted by atomic mass is 9.89. The van der Waals surface area contributed by atoms with Crippen molar-refractivity contribution < 1.29 is 13.9 Å². The highest BCUT2D eigenvalue weighted by atomic mass is 19.1. The number of fused-ring (bicyclic) bond motifs is 1. The first kappa shape index (κ1) is 19.7. The highest BCUT2D eigenvalue weighted by molar-refractivity contribution is 5.97. The van der Waals surface area contributed by atoms with Crippen molar-refractivity contribution in [1.82, 2.24) is 15.2 Å². The molecule has 1 saturated heterocycles. The summed E-state index contributed by atoms with van der Waals surface area (Å²) in [6, 6.07) is 6.47. The number of carbonyl (C=O) groups excluding carboxylic acids is 1. The van der Waals surface area contributed by atoms with Gasteiger partial charge in [-0.25, -0.2) is 4.39 Å². The van der Waals surface area contributed by atoms with Crippen LogP contribution in [0.3, 0.4) is 0 Å². The molecule has 0 aliphatic carbocycles. The van der Waals surface area contributed by atoms with E-state index in [0.29, 0.717) is 16.9 Å². The van der Waals surface area contributed by atoms with Gasteiger partial charge < -0.3 is 10.1 Å². The Hall–Kier alpha value is -2.05. The summed E-state index contributed by atoms with van der Waals surface area (Å²) in [5.74, 6) is -0.110. The molecule has 1 amide bonds. The number of para-hydroxylation sites is 1. The molecule has 1 aromatic carbocycles. The number of pyridine rings is 1. The van der Waals surface area contributed by atoms with Gasteiger partial charge in [0, 0.05) is 31.2 Å². The van der Waals surface area contributed by atoms with Gasteiger partial charge in [0.2, 0.25) is 0 Å². The number of nitrogens with one attached hydrogen (secondary N) is 1. The molecule has 27 heavy (non-hydrogen) atoms. The largest absolute Gasteiger partial charge is 0.379 e. The fourth-order valence-electron chi connectivity index (χ4n) is 3.90. The molecule has 1 fully saturated rings. The van der Waals surface area contributed by atoms with E-state index < -0.39 is 0 Å². The second-order valence-corrected chi connectivity index (χ2v) is 8.04. The van der Waals surface area contributed by atoms with Crippen molar-refractivity contribution in [2.24, 2.45) is 5.92 Å². The van der Waals surface area contributed by atoms with Crippen molar-refractivity contribution in [3.8, 4) is 0 Å². The van der Waals surface area contributed by atoms with E-state index in [0.717, 1.165) is 39.3 Å². The normalized spacial score (nSPS) is 17.8. The Morgan fingerprint density at radius 1 is 1.37 bits per heavy atom. The molecule has 5 nitrogen and oxygen atoms in total. The average Bonchev–Trinajstić information content (AvgIpc) is 2.61. The summed E-state index contributed by atoms with van der Waals surface area (Å²) in [4.78, 5) is 19.4. The van der Waals surface area contributed by atoms with E-state index in [4.69, 9.17) is 4.74 Å². The van der Waals surface area contributed by atoms with E-state index in [9.17, 15) is 9.18 Å². The Morgan fingerprint density at radius 3 is 2.81 bits per heavy atom. The van der Waals surface area contributed by atoms with E-state index in [1.54, 1.807) is 18.2 Å². The number of halogens is 1. The zero-order valence-corrected chi connectivity index (χ0v) is 16.3. The second-order valence-electron chi connectivity index (χ2n) is 8.04. The number of morpholine rings is 1. The third-order valence-electron chi connectivity index (χ3n) is 4.87. The Labute approximate surface area is 159 Å². The van der Waals surface area contributed by atoms with Crippen LogP contribution < -0.4 is 5.32 Å². The molecule has 2 heterocycles. The highest BCUT2D eigenvalue weighted by Crippen LogP contribution is 2.21. The van der Waals surface area contributed by atoms with Gasteiger partial charge >= 0.3 is 0 Å². The number of ether oxygens (including phenoxy) is 1. The zero-order chi connectivity index (χ0) is 19.4. The molecule has 0 saturated carbocycles. The molecule has 1 atom stereocenters. The number of nitrogens with zero attached hydrogens (tertiary/aromatic N) is 2. The van der Waals surface area contributed by atoms with Gasteiger partial charge in [0.25, 0.3) is 5.91 Å². The minimum Gasteiger partial charge on any atom is -0.379 e. The summed E-state index contributed by atoms with van der Waals surface area (Å²) in [5, 5.41) is 3.84. The van der Waals surface area contributed by atoms with Crippen molar-refractivity contribution in [2.75, 3.05) is 32.8 Å². The van der Waals surface area contributed by atoms with Crippen molar-refractivity contribution >= 4 is 16.8 Å². The smallest absolute Gasteiger partial charge is 0.253 e. The fraction of sp³-hybridized carbons (Fsp3) is 0.524. The third-order valence-corrected chi connectivity index (χ3v) is 4.87. The Kier molecular flexibility index (Phi) is 6.07. The number of hydrogen-bond acceptors (Lipinski definition) is 4. The first-order valence-electron chi connectivity index (χ1n) is 9.53. The summed E-state index contributed by atoms with van der Waals surface area (Å²) < 4.78 is 19.2. The Bertz CT molecular complexity index is 805. The Balaban J connectivity index is 1.78. The molecule has 3 rings (SSSR count). The topological polar surface area (TPSA) is 54.5 Å². The summed E-state index contributed by atoms with van der Waals surface area (Å²) in [7, 11) is 0. The van der Waals surface area contributed by atoms with Gasteiger partial charge in [0.1, 0.15) is 11.3 Å². The predicted octanol–water partition coefficient (Wildman–Crippen LogP) is 3.24. The van der Waals surface area contributed by atoms with Crippen molar-refractivity contribution in [3.05, 3.63) is 41.8 Å². The summed E-state index contributed by atoms with van der Waals surface area (Å²) >= 11 is 0. The molecule has 146 valence electrons. The number of aromatic nitrogens is 1. The molecule has 1 aliphatic rings. The van der Waals surface area contributed by atoms with Crippen LogP contribution in [0.15, 0.2) is 30.5 Å². The quantitative estimate of drug-likeness (QED) is 0.845. The lowest BCUT2D eigenvalue weighted by molar-refractivity contribution is 0.0228. The average molecular weight is 373 g/mol. The van der Waals surface area contributed by atoms with E-state index in [1.165, 1.54) is 12.3 Å². The summed E-state index contributed by atoms with van der Waals surface area (Å²) in [5.41, 5.74) is 0.372. The van der Waals surface area contributed by atoms with Gasteiger partial charge in [-0.2, -0.15) is 0 Å². The van der Waals surface area contributed by atoms with Crippen LogP contribution in [0.5, 0.6) is 0 Å². The molecule has 1 aromatic heterocycles. The maximum Gasteiger partial charge on any atom is 0.253 e. The van der Waals surface area contributed by atoms with Crippen LogP contribution in [-0.4, -0.2) is 54.2 Å². The number of rotatable bonds is 6. The third kappa shape index (κ3) is 5.02. The maximum atomic E-state index is 13.8. The van der Waals surface area contributed by atoms with Crippen LogP contribution in [0, 0.1) is 11.7 Å². The molecule has 0 spiro atoms. The van der Waals surface area contributed by atoms with Gasteiger partial charge in [-0.15, -0.1) is 0 Å². The molecule has 0 bridgehead atoms. The molecule has 1 aliphatic heterocycles. The summed E-state index contributed by atoms with van der Waals surface area (Å²) in [6.07, 6.45) is 2.32. The Morgan fingerprint density at radius 2 is 2.11 bits per heavy atom. The van der Waals surface area contributed by atoms with Gasteiger partial charge in [-0.3, -0.25) is 14.7 Å². The second kappa shape index (κ2) is 8.31. The number of carbonyl (C=O) groups is 1. The minimum absolute atomic E-state index is 0.176. The SMILES string of the molecule is CC(C)CC(C)(CN1CCOCC1)NC(=O)c1cnc2c(F)cccc2c1. The predicted molar refractivity (Wildman–Crippen MR) is 104 cm³/mol. The lowest BCUT2D eigenvalue weighted by Crippen LogP contribution is -2.56. The van der Waals surface area contributed by atoms with Crippen LogP contribution in [0.1, 0.15) is 37.6 Å². The molecule has 6 heteroatoms. The standard InChI is InChI=1S/C21H28FN3O2/c1-15(2)12-21(3,14-25-7-9-27-10-8-25)24-20(26)17-11-16-5-4-6-18(22)19(16)23-13-17/h4-6,11,13,15H,7-10,12,14H2,1-3H3,(H,24,26). The monoisotopic (exact) mass is 373 g/mol. The van der Waals surface area contributed by atoms with E-state index in [1.807, 2.05) is 0 Å². The van der Waals surface area contributed by atoms with Crippen LogP contribution >= 0.6 is 0 Å².